The van der Waals surface area contributed by atoms with Gasteiger partial charge in [0.1, 0.15) is 19.0 Å². The van der Waals surface area contributed by atoms with Crippen LogP contribution in [0.15, 0.2) is 36.4 Å². The van der Waals surface area contributed by atoms with Gasteiger partial charge in [-0.2, -0.15) is 0 Å². The first-order chi connectivity index (χ1) is 7.86. The first kappa shape index (κ1) is 10.9. The molecule has 0 radical (unpaired) electrons. The SMILES string of the molecule is NCc1c(OCCF)ccc2ccccc12. The average Bonchev–Trinajstić information content (AvgIpc) is 2.35. The number of halogens is 1. The van der Waals surface area contributed by atoms with Crippen LogP contribution in [0, 0.1) is 0 Å². The second kappa shape index (κ2) is 4.94. The Labute approximate surface area is 93.8 Å². The lowest BCUT2D eigenvalue weighted by atomic mass is 10.0. The Hall–Kier alpha value is -1.61. The molecule has 2 nitrogen and oxygen atoms in total. The summed E-state index contributed by atoms with van der Waals surface area (Å²) >= 11 is 0. The van der Waals surface area contributed by atoms with Crippen molar-refractivity contribution < 1.29 is 9.13 Å². The molecule has 0 aromatic heterocycles. The van der Waals surface area contributed by atoms with Crippen LogP contribution >= 0.6 is 0 Å². The van der Waals surface area contributed by atoms with E-state index in [9.17, 15) is 4.39 Å². The lowest BCUT2D eigenvalue weighted by molar-refractivity contribution is 0.271. The second-order valence-electron chi connectivity index (χ2n) is 3.50. The van der Waals surface area contributed by atoms with Gasteiger partial charge in [0.25, 0.3) is 0 Å². The molecule has 0 heterocycles. The van der Waals surface area contributed by atoms with Crippen LogP contribution in [0.5, 0.6) is 5.75 Å². The molecule has 0 spiro atoms. The third-order valence-electron chi connectivity index (χ3n) is 2.54. The van der Waals surface area contributed by atoms with E-state index in [-0.39, 0.29) is 6.61 Å². The number of alkyl halides is 1. The molecule has 16 heavy (non-hydrogen) atoms. The van der Waals surface area contributed by atoms with E-state index >= 15 is 0 Å². The summed E-state index contributed by atoms with van der Waals surface area (Å²) in [5.74, 6) is 0.679. The Morgan fingerprint density at radius 1 is 1.12 bits per heavy atom. The monoisotopic (exact) mass is 219 g/mol. The van der Waals surface area contributed by atoms with Crippen molar-refractivity contribution in [3.63, 3.8) is 0 Å². The van der Waals surface area contributed by atoms with E-state index in [1.807, 2.05) is 36.4 Å². The van der Waals surface area contributed by atoms with E-state index in [0.29, 0.717) is 12.3 Å². The van der Waals surface area contributed by atoms with Crippen LogP contribution in [-0.2, 0) is 6.54 Å². The predicted molar refractivity (Wildman–Crippen MR) is 63.3 cm³/mol. The van der Waals surface area contributed by atoms with E-state index in [1.165, 1.54) is 0 Å². The molecular weight excluding hydrogens is 205 g/mol. The average molecular weight is 219 g/mol. The van der Waals surface area contributed by atoms with Gasteiger partial charge in [-0.3, -0.25) is 0 Å². The molecule has 0 aliphatic rings. The van der Waals surface area contributed by atoms with Crippen molar-refractivity contribution in [3.05, 3.63) is 42.0 Å². The maximum atomic E-state index is 12.1. The van der Waals surface area contributed by atoms with Gasteiger partial charge < -0.3 is 10.5 Å². The quantitative estimate of drug-likeness (QED) is 0.858. The first-order valence-electron chi connectivity index (χ1n) is 5.26. The molecule has 2 aromatic carbocycles. The zero-order chi connectivity index (χ0) is 11.4. The maximum absolute atomic E-state index is 12.1. The number of benzene rings is 2. The van der Waals surface area contributed by atoms with Gasteiger partial charge in [-0.05, 0) is 16.8 Å². The molecule has 0 saturated carbocycles. The number of ether oxygens (including phenoxy) is 1. The summed E-state index contributed by atoms with van der Waals surface area (Å²) < 4.78 is 17.4. The molecule has 2 aromatic rings. The molecule has 2 rings (SSSR count). The molecule has 0 unspecified atom stereocenters. The molecule has 2 N–H and O–H groups in total. The fourth-order valence-corrected chi connectivity index (χ4v) is 1.81. The predicted octanol–water partition coefficient (Wildman–Crippen LogP) is 2.65. The minimum atomic E-state index is -0.489. The van der Waals surface area contributed by atoms with Crippen LogP contribution in [0.4, 0.5) is 4.39 Å². The van der Waals surface area contributed by atoms with E-state index < -0.39 is 6.67 Å². The Bertz CT molecular complexity index is 484. The van der Waals surface area contributed by atoms with Crippen LogP contribution < -0.4 is 10.5 Å². The van der Waals surface area contributed by atoms with Crippen molar-refractivity contribution in [1.82, 2.24) is 0 Å². The van der Waals surface area contributed by atoms with Crippen molar-refractivity contribution in [1.29, 1.82) is 0 Å². The Kier molecular flexibility index (Phi) is 3.37. The number of rotatable bonds is 4. The largest absolute Gasteiger partial charge is 0.491 e. The fourth-order valence-electron chi connectivity index (χ4n) is 1.81. The summed E-state index contributed by atoms with van der Waals surface area (Å²) in [6.45, 7) is -0.0227. The normalized spacial score (nSPS) is 10.6. The van der Waals surface area contributed by atoms with Crippen LogP contribution in [-0.4, -0.2) is 13.3 Å². The van der Waals surface area contributed by atoms with Gasteiger partial charge in [-0.15, -0.1) is 0 Å². The lowest BCUT2D eigenvalue weighted by Crippen LogP contribution is -2.05. The molecule has 0 amide bonds. The number of nitrogens with two attached hydrogens (primary N) is 1. The molecular formula is C13H14FNO. The number of fused-ring (bicyclic) bond motifs is 1. The molecule has 0 saturated heterocycles. The van der Waals surface area contributed by atoms with E-state index in [0.717, 1.165) is 16.3 Å². The zero-order valence-corrected chi connectivity index (χ0v) is 8.95. The standard InChI is InChI=1S/C13H14FNO/c14-7-8-16-13-6-5-10-3-1-2-4-11(10)12(13)9-15/h1-6H,7-9,15H2. The van der Waals surface area contributed by atoms with Gasteiger partial charge in [0, 0.05) is 12.1 Å². The summed E-state index contributed by atoms with van der Waals surface area (Å²) in [6.07, 6.45) is 0. The van der Waals surface area contributed by atoms with Crippen LogP contribution in [0.3, 0.4) is 0 Å². The van der Waals surface area contributed by atoms with Crippen LogP contribution in [0.25, 0.3) is 10.8 Å². The van der Waals surface area contributed by atoms with Gasteiger partial charge in [-0.25, -0.2) is 4.39 Å². The third kappa shape index (κ3) is 1.99. The number of hydrogen-bond acceptors (Lipinski definition) is 2. The van der Waals surface area contributed by atoms with Crippen molar-refractivity contribution in [3.8, 4) is 5.75 Å². The molecule has 0 atom stereocenters. The van der Waals surface area contributed by atoms with E-state index in [1.54, 1.807) is 0 Å². The number of hydrogen-bond donors (Lipinski definition) is 1. The highest BCUT2D eigenvalue weighted by atomic mass is 19.1. The first-order valence-corrected chi connectivity index (χ1v) is 5.26. The topological polar surface area (TPSA) is 35.2 Å². The minimum absolute atomic E-state index is 0.0747. The zero-order valence-electron chi connectivity index (χ0n) is 8.95. The molecule has 3 heteroatoms. The van der Waals surface area contributed by atoms with Crippen molar-refractivity contribution in [2.24, 2.45) is 5.73 Å². The smallest absolute Gasteiger partial charge is 0.124 e. The minimum Gasteiger partial charge on any atom is -0.491 e. The maximum Gasteiger partial charge on any atom is 0.124 e. The van der Waals surface area contributed by atoms with Gasteiger partial charge >= 0.3 is 0 Å². The Balaban J connectivity index is 2.50. The summed E-state index contributed by atoms with van der Waals surface area (Å²) in [7, 11) is 0. The van der Waals surface area contributed by atoms with Gasteiger partial charge in [0.05, 0.1) is 0 Å². The summed E-state index contributed by atoms with van der Waals surface area (Å²) in [4.78, 5) is 0. The molecule has 0 bridgehead atoms. The molecule has 0 aliphatic heterocycles. The van der Waals surface area contributed by atoms with Crippen molar-refractivity contribution in [2.75, 3.05) is 13.3 Å². The van der Waals surface area contributed by atoms with Crippen molar-refractivity contribution >= 4 is 10.8 Å². The lowest BCUT2D eigenvalue weighted by Gasteiger charge is -2.11. The highest BCUT2D eigenvalue weighted by Gasteiger charge is 2.06. The molecule has 0 aliphatic carbocycles. The highest BCUT2D eigenvalue weighted by Crippen LogP contribution is 2.27. The summed E-state index contributed by atoms with van der Waals surface area (Å²) in [5.41, 5.74) is 6.65. The van der Waals surface area contributed by atoms with Gasteiger partial charge in [-0.1, -0.05) is 30.3 Å². The van der Waals surface area contributed by atoms with E-state index in [4.69, 9.17) is 10.5 Å². The van der Waals surface area contributed by atoms with Crippen LogP contribution in [0.1, 0.15) is 5.56 Å². The van der Waals surface area contributed by atoms with E-state index in [2.05, 4.69) is 0 Å². The van der Waals surface area contributed by atoms with Crippen LogP contribution in [0.2, 0.25) is 0 Å². The second-order valence-corrected chi connectivity index (χ2v) is 3.50. The Morgan fingerprint density at radius 3 is 2.69 bits per heavy atom. The molecule has 0 fully saturated rings. The third-order valence-corrected chi connectivity index (χ3v) is 2.54. The fraction of sp³-hybridized carbons (Fsp3) is 0.231. The summed E-state index contributed by atoms with van der Waals surface area (Å²) in [5, 5.41) is 2.19. The summed E-state index contributed by atoms with van der Waals surface area (Å²) in [6, 6.07) is 11.8. The van der Waals surface area contributed by atoms with Gasteiger partial charge in [0.15, 0.2) is 0 Å². The Morgan fingerprint density at radius 2 is 1.94 bits per heavy atom. The highest BCUT2D eigenvalue weighted by molar-refractivity contribution is 5.87. The van der Waals surface area contributed by atoms with Gasteiger partial charge in [0.2, 0.25) is 0 Å². The van der Waals surface area contributed by atoms with Crippen molar-refractivity contribution in [2.45, 2.75) is 6.54 Å². The molecule has 84 valence electrons.